The van der Waals surface area contributed by atoms with E-state index in [9.17, 15) is 4.79 Å². The molecule has 1 aromatic carbocycles. The molecular formula is C18H17ClN2O3. The number of aromatic nitrogens is 1. The number of nitrogens with one attached hydrogen (secondary N) is 1. The Morgan fingerprint density at radius 3 is 2.58 bits per heavy atom. The third kappa shape index (κ3) is 3.23. The van der Waals surface area contributed by atoms with Crippen molar-refractivity contribution in [2.24, 2.45) is 5.92 Å². The molecular weight excluding hydrogens is 328 g/mol. The highest BCUT2D eigenvalue weighted by Gasteiger charge is 2.44. The first kappa shape index (κ1) is 15.4. The number of nitrogens with zero attached hydrogens (tertiary/aromatic N) is 1. The summed E-state index contributed by atoms with van der Waals surface area (Å²) in [6.45, 7) is 0. The number of carbonyl (C=O) groups is 1. The van der Waals surface area contributed by atoms with Crippen LogP contribution in [0.2, 0.25) is 5.02 Å². The zero-order valence-electron chi connectivity index (χ0n) is 12.9. The Labute approximate surface area is 144 Å². The standard InChI is InChI=1S/C18H17ClN2O3/c19-11-1-3-12(4-2-11)23-14-6-8-17(20-10-14)21-18(22)15-9-13-5-7-16(15)24-13/h1-4,6,8,10,13,15-16H,5,7,9H2,(H,20,21,22). The minimum atomic E-state index is -0.0597. The summed E-state index contributed by atoms with van der Waals surface area (Å²) in [5.74, 6) is 1.72. The maximum atomic E-state index is 12.3. The summed E-state index contributed by atoms with van der Waals surface area (Å²) in [6.07, 6.45) is 4.78. The second kappa shape index (κ2) is 6.42. The van der Waals surface area contributed by atoms with E-state index in [1.54, 1.807) is 42.6 Å². The number of ether oxygens (including phenoxy) is 2. The molecule has 4 rings (SSSR count). The summed E-state index contributed by atoms with van der Waals surface area (Å²) in [5, 5.41) is 3.52. The Balaban J connectivity index is 1.37. The molecule has 2 saturated heterocycles. The van der Waals surface area contributed by atoms with Crippen molar-refractivity contribution in [3.05, 3.63) is 47.6 Å². The highest BCUT2D eigenvalue weighted by Crippen LogP contribution is 2.39. The van der Waals surface area contributed by atoms with E-state index in [-0.39, 0.29) is 24.0 Å². The van der Waals surface area contributed by atoms with Crippen molar-refractivity contribution in [1.29, 1.82) is 0 Å². The number of benzene rings is 1. The Morgan fingerprint density at radius 2 is 1.96 bits per heavy atom. The first-order valence-electron chi connectivity index (χ1n) is 8.03. The van der Waals surface area contributed by atoms with Crippen molar-refractivity contribution in [2.75, 3.05) is 5.32 Å². The van der Waals surface area contributed by atoms with Crippen LogP contribution in [0.3, 0.4) is 0 Å². The van der Waals surface area contributed by atoms with Gasteiger partial charge in [0, 0.05) is 5.02 Å². The van der Waals surface area contributed by atoms with Crippen LogP contribution in [-0.4, -0.2) is 23.1 Å². The SMILES string of the molecule is O=C(Nc1ccc(Oc2ccc(Cl)cc2)cn1)C1CC2CCC1O2. The molecule has 2 fully saturated rings. The minimum Gasteiger partial charge on any atom is -0.456 e. The fourth-order valence-corrected chi connectivity index (χ4v) is 3.41. The first-order chi connectivity index (χ1) is 11.7. The van der Waals surface area contributed by atoms with Gasteiger partial charge in [-0.15, -0.1) is 0 Å². The van der Waals surface area contributed by atoms with Crippen LogP contribution in [0.15, 0.2) is 42.6 Å². The van der Waals surface area contributed by atoms with Crippen molar-refractivity contribution in [1.82, 2.24) is 4.98 Å². The second-order valence-corrected chi connectivity index (χ2v) is 6.58. The molecule has 2 bridgehead atoms. The molecule has 3 heterocycles. The van der Waals surface area contributed by atoms with E-state index in [0.717, 1.165) is 19.3 Å². The van der Waals surface area contributed by atoms with Gasteiger partial charge in [0.1, 0.15) is 17.3 Å². The smallest absolute Gasteiger partial charge is 0.231 e. The average Bonchev–Trinajstić information content (AvgIpc) is 3.22. The highest BCUT2D eigenvalue weighted by atomic mass is 35.5. The number of fused-ring (bicyclic) bond motifs is 2. The van der Waals surface area contributed by atoms with Gasteiger partial charge in [-0.25, -0.2) is 4.98 Å². The molecule has 0 aliphatic carbocycles. The van der Waals surface area contributed by atoms with E-state index in [0.29, 0.717) is 22.3 Å². The zero-order valence-corrected chi connectivity index (χ0v) is 13.7. The summed E-state index contributed by atoms with van der Waals surface area (Å²) in [5.41, 5.74) is 0. The van der Waals surface area contributed by atoms with Crippen LogP contribution >= 0.6 is 11.6 Å². The highest BCUT2D eigenvalue weighted by molar-refractivity contribution is 6.30. The number of hydrogen-bond acceptors (Lipinski definition) is 4. The zero-order chi connectivity index (χ0) is 16.5. The predicted molar refractivity (Wildman–Crippen MR) is 90.4 cm³/mol. The van der Waals surface area contributed by atoms with Crippen LogP contribution in [0, 0.1) is 5.92 Å². The van der Waals surface area contributed by atoms with E-state index >= 15 is 0 Å². The topological polar surface area (TPSA) is 60.5 Å². The molecule has 1 N–H and O–H groups in total. The lowest BCUT2D eigenvalue weighted by Crippen LogP contribution is -2.30. The molecule has 2 aliphatic rings. The van der Waals surface area contributed by atoms with Gasteiger partial charge >= 0.3 is 0 Å². The normalized spacial score (nSPS) is 24.8. The molecule has 24 heavy (non-hydrogen) atoms. The van der Waals surface area contributed by atoms with E-state index in [1.807, 2.05) is 0 Å². The molecule has 1 amide bonds. The summed E-state index contributed by atoms with van der Waals surface area (Å²) in [4.78, 5) is 16.6. The average molecular weight is 345 g/mol. The first-order valence-corrected chi connectivity index (χ1v) is 8.41. The van der Waals surface area contributed by atoms with Gasteiger partial charge < -0.3 is 14.8 Å². The van der Waals surface area contributed by atoms with E-state index in [4.69, 9.17) is 21.1 Å². The summed E-state index contributed by atoms with van der Waals surface area (Å²) < 4.78 is 11.4. The second-order valence-electron chi connectivity index (χ2n) is 6.14. The van der Waals surface area contributed by atoms with Crippen molar-refractivity contribution < 1.29 is 14.3 Å². The van der Waals surface area contributed by atoms with Gasteiger partial charge in [-0.3, -0.25) is 4.79 Å². The van der Waals surface area contributed by atoms with Gasteiger partial charge in [-0.1, -0.05) is 11.6 Å². The van der Waals surface area contributed by atoms with Crippen LogP contribution < -0.4 is 10.1 Å². The quantitative estimate of drug-likeness (QED) is 0.909. The molecule has 2 aliphatic heterocycles. The fourth-order valence-electron chi connectivity index (χ4n) is 3.29. The lowest BCUT2D eigenvalue weighted by molar-refractivity contribution is -0.121. The van der Waals surface area contributed by atoms with E-state index < -0.39 is 0 Å². The molecule has 124 valence electrons. The van der Waals surface area contributed by atoms with Crippen molar-refractivity contribution >= 4 is 23.3 Å². The van der Waals surface area contributed by atoms with Gasteiger partial charge in [-0.05, 0) is 55.7 Å². The Kier molecular flexibility index (Phi) is 4.12. The molecule has 0 saturated carbocycles. The molecule has 6 heteroatoms. The lowest BCUT2D eigenvalue weighted by Gasteiger charge is -2.17. The van der Waals surface area contributed by atoms with E-state index in [2.05, 4.69) is 10.3 Å². The third-order valence-electron chi connectivity index (χ3n) is 4.48. The largest absolute Gasteiger partial charge is 0.456 e. The van der Waals surface area contributed by atoms with Crippen molar-refractivity contribution in [3.8, 4) is 11.5 Å². The van der Waals surface area contributed by atoms with Crippen LogP contribution in [0.25, 0.3) is 0 Å². The Hall–Kier alpha value is -2.11. The fraction of sp³-hybridized carbons (Fsp3) is 0.333. The molecule has 5 nitrogen and oxygen atoms in total. The minimum absolute atomic E-state index is 0.0129. The van der Waals surface area contributed by atoms with Gasteiger partial charge in [0.2, 0.25) is 5.91 Å². The molecule has 1 aromatic heterocycles. The number of amides is 1. The van der Waals surface area contributed by atoms with Crippen molar-refractivity contribution in [3.63, 3.8) is 0 Å². The van der Waals surface area contributed by atoms with Crippen LogP contribution in [0.4, 0.5) is 5.82 Å². The third-order valence-corrected chi connectivity index (χ3v) is 4.73. The van der Waals surface area contributed by atoms with Gasteiger partial charge in [0.15, 0.2) is 0 Å². The Morgan fingerprint density at radius 1 is 1.17 bits per heavy atom. The van der Waals surface area contributed by atoms with Crippen LogP contribution in [0.5, 0.6) is 11.5 Å². The Bertz CT molecular complexity index is 733. The van der Waals surface area contributed by atoms with E-state index in [1.165, 1.54) is 0 Å². The summed E-state index contributed by atoms with van der Waals surface area (Å²) >= 11 is 5.84. The number of hydrogen-bond donors (Lipinski definition) is 1. The summed E-state index contributed by atoms with van der Waals surface area (Å²) in [7, 11) is 0. The van der Waals surface area contributed by atoms with Gasteiger partial charge in [0.25, 0.3) is 0 Å². The summed E-state index contributed by atoms with van der Waals surface area (Å²) in [6, 6.07) is 10.6. The van der Waals surface area contributed by atoms with Crippen LogP contribution in [0.1, 0.15) is 19.3 Å². The number of rotatable bonds is 4. The maximum Gasteiger partial charge on any atom is 0.231 e. The van der Waals surface area contributed by atoms with Gasteiger partial charge in [0.05, 0.1) is 24.3 Å². The molecule has 3 atom stereocenters. The monoisotopic (exact) mass is 344 g/mol. The van der Waals surface area contributed by atoms with Gasteiger partial charge in [-0.2, -0.15) is 0 Å². The number of anilines is 1. The maximum absolute atomic E-state index is 12.3. The number of carbonyl (C=O) groups excluding carboxylic acids is 1. The molecule has 3 unspecified atom stereocenters. The molecule has 0 radical (unpaired) electrons. The van der Waals surface area contributed by atoms with Crippen molar-refractivity contribution in [2.45, 2.75) is 31.5 Å². The molecule has 0 spiro atoms. The number of halogens is 1. The predicted octanol–water partition coefficient (Wildman–Crippen LogP) is 4.03. The van der Waals surface area contributed by atoms with Crippen LogP contribution in [-0.2, 0) is 9.53 Å². The molecule has 2 aromatic rings. The lowest BCUT2D eigenvalue weighted by atomic mass is 9.88. The number of pyridine rings is 1.